The third-order valence-electron chi connectivity index (χ3n) is 20.1. The summed E-state index contributed by atoms with van der Waals surface area (Å²) < 4.78 is 0. The number of carboxylic acid groups (broad SMARTS) is 3. The molecule has 738 valence electrons. The zero-order chi connectivity index (χ0) is 100. The van der Waals surface area contributed by atoms with Gasteiger partial charge in [0, 0.05) is 44.5 Å². The lowest BCUT2D eigenvalue weighted by molar-refractivity contribution is -0.140. The molecule has 1 heterocycles. The minimum Gasteiger partial charge on any atom is -0.481 e. The number of ketones is 1. The lowest BCUT2D eigenvalue weighted by Crippen LogP contribution is -2.62. The molecule has 1 aliphatic rings. The number of carbonyl (C=O) groups is 22. The highest BCUT2D eigenvalue weighted by atomic mass is 32.2. The van der Waals surface area contributed by atoms with Gasteiger partial charge in [-0.25, -0.2) is 0 Å². The van der Waals surface area contributed by atoms with E-state index in [1.165, 1.54) is 27.7 Å². The van der Waals surface area contributed by atoms with Gasteiger partial charge in [-0.2, -0.15) is 0 Å². The molecule has 1 aromatic rings. The number of nitrogens with two attached hydrogens (primary N) is 4. The number of likely N-dealkylation sites (tertiary alicyclic amines) is 1. The first-order chi connectivity index (χ1) is 61.7. The van der Waals surface area contributed by atoms with Crippen LogP contribution in [0.2, 0.25) is 0 Å². The number of amides is 18. The van der Waals surface area contributed by atoms with Crippen molar-refractivity contribution < 1.29 is 131 Å². The van der Waals surface area contributed by atoms with E-state index in [9.17, 15) is 131 Å². The molecule has 1 aromatic carbocycles. The monoisotopic (exact) mass is 1890 g/mol. The summed E-state index contributed by atoms with van der Waals surface area (Å²) in [7, 11) is 0. The fourth-order valence-corrected chi connectivity index (χ4v) is 13.9. The summed E-state index contributed by atoms with van der Waals surface area (Å²) in [6, 6.07) is -15.4. The Kier molecular flexibility index (Phi) is 51.4. The van der Waals surface area contributed by atoms with Crippen molar-refractivity contribution in [2.24, 2.45) is 46.6 Å². The van der Waals surface area contributed by atoms with Gasteiger partial charge in [-0.05, 0) is 114 Å². The Bertz CT molecular complexity index is 4200. The summed E-state index contributed by atoms with van der Waals surface area (Å²) in [5, 5.41) is 95.8. The number of carbonyl (C=O) groups excluding carboxylic acids is 19. The summed E-state index contributed by atoms with van der Waals surface area (Å²) >= 11 is 0.932. The van der Waals surface area contributed by atoms with Gasteiger partial charge in [-0.3, -0.25) is 111 Å². The number of thioether (sulfide) groups is 1. The largest absolute Gasteiger partial charge is 0.481 e. The van der Waals surface area contributed by atoms with Crippen LogP contribution in [0.25, 0.3) is 0 Å². The smallest absolute Gasteiger partial charge is 0.303 e. The lowest BCUT2D eigenvalue weighted by atomic mass is 9.99. The lowest BCUT2D eigenvalue weighted by Gasteiger charge is -2.29. The number of primary amides is 2. The predicted octanol–water partition coefficient (Wildman–Crippen LogP) is -8.19. The van der Waals surface area contributed by atoms with Crippen LogP contribution in [0.15, 0.2) is 30.3 Å². The van der Waals surface area contributed by atoms with E-state index in [0.29, 0.717) is 5.56 Å². The van der Waals surface area contributed by atoms with Crippen molar-refractivity contribution in [3.8, 4) is 0 Å². The second-order valence-corrected chi connectivity index (χ2v) is 34.5. The first kappa shape index (κ1) is 115. The highest BCUT2D eigenvalue weighted by Crippen LogP contribution is 2.20. The molecule has 0 aliphatic carbocycles. The van der Waals surface area contributed by atoms with Gasteiger partial charge < -0.3 is 138 Å². The van der Waals surface area contributed by atoms with Crippen molar-refractivity contribution in [3.63, 3.8) is 0 Å². The van der Waals surface area contributed by atoms with Crippen LogP contribution in [0.1, 0.15) is 172 Å². The Hall–Kier alpha value is -12.7. The zero-order valence-corrected chi connectivity index (χ0v) is 76.7. The molecule has 30 N–H and O–H groups in total. The maximum atomic E-state index is 14.5. The minimum atomic E-state index is -2.06. The maximum Gasteiger partial charge on any atom is 0.303 e. The van der Waals surface area contributed by atoms with E-state index in [1.807, 2.05) is 13.8 Å². The fraction of sp³-hybridized carbons (Fsp3) is 0.646. The predicted molar refractivity (Wildman–Crippen MR) is 472 cm³/mol. The van der Waals surface area contributed by atoms with Crippen LogP contribution < -0.4 is 108 Å². The number of Topliss-reactive ketones (excluding diaryl/α,β-unsaturated/α-hetero) is 1. The molecular formula is C82H132N22O27S. The number of hydrogen-bond acceptors (Lipinski definition) is 27. The van der Waals surface area contributed by atoms with Crippen LogP contribution >= 0.6 is 11.8 Å². The highest BCUT2D eigenvalue weighted by Gasteiger charge is 2.42. The molecular weight excluding hydrogens is 1760 g/mol. The number of guanidine groups is 1. The summed E-state index contributed by atoms with van der Waals surface area (Å²) in [6.45, 7) is 13.9. The molecule has 0 radical (unpaired) electrons. The van der Waals surface area contributed by atoms with Crippen molar-refractivity contribution in [1.82, 2.24) is 90.0 Å². The molecule has 2 rings (SSSR count). The average molecular weight is 1890 g/mol. The normalized spacial score (nSPS) is 15.7. The second-order valence-electron chi connectivity index (χ2n) is 33.4. The number of nitrogens with zero attached hydrogens (tertiary/aromatic N) is 1. The molecule has 0 aromatic heterocycles. The number of benzene rings is 1. The SMILES string of the molecule is CC(=O)[C@H](CC(C)C)NC(=O)[C@H](CCC(=O)O)NC(=O)[C@H](CCCNC(=N)N)NC(=O)[C@H](Cc1ccccc1)NC(=O)[C@H](C)NC(=O)[C@@H](NC(=O)[C@H](CC(N)=O)NC(=O)[C@@H]1CCCN1C(=O)CNC(=O)[C@H](CC(C)C)NC(=O)[C@H](CC(C)C)NC(=O)[C@H](CCC(=O)O)NC(=O)[C@@H](NC(=O)[C@H](CO)NC(=O)[C@H](CCC(=O)O)NC(=O)CNC(=O)[C@@H](N)CSCC(N)=O)[C@@H](C)O)C(C)C. The second kappa shape index (κ2) is 58.8. The quantitative estimate of drug-likeness (QED) is 0.0164. The Balaban J connectivity index is 2.36. The number of aliphatic hydroxyl groups excluding tert-OH is 2. The summed E-state index contributed by atoms with van der Waals surface area (Å²) in [5.41, 5.74) is 22.4. The van der Waals surface area contributed by atoms with Crippen molar-refractivity contribution in [1.29, 1.82) is 5.41 Å². The Morgan fingerprint density at radius 3 is 1.36 bits per heavy atom. The van der Waals surface area contributed by atoms with E-state index in [0.717, 1.165) is 23.6 Å². The van der Waals surface area contributed by atoms with Crippen LogP contribution in [0, 0.1) is 29.1 Å². The van der Waals surface area contributed by atoms with Crippen LogP contribution in [-0.4, -0.2) is 307 Å². The maximum absolute atomic E-state index is 14.5. The topological polar surface area (TPSA) is 800 Å². The van der Waals surface area contributed by atoms with Crippen molar-refractivity contribution in [2.75, 3.05) is 44.3 Å². The first-order valence-corrected chi connectivity index (χ1v) is 44.2. The Labute approximate surface area is 766 Å². The summed E-state index contributed by atoms with van der Waals surface area (Å²) in [4.78, 5) is 295. The van der Waals surface area contributed by atoms with E-state index < -0.39 is 309 Å². The van der Waals surface area contributed by atoms with Gasteiger partial charge in [0.1, 0.15) is 78.5 Å². The molecule has 0 spiro atoms. The van der Waals surface area contributed by atoms with Gasteiger partial charge in [0.25, 0.3) is 0 Å². The third kappa shape index (κ3) is 44.2. The van der Waals surface area contributed by atoms with Crippen molar-refractivity contribution in [3.05, 3.63) is 35.9 Å². The van der Waals surface area contributed by atoms with Gasteiger partial charge in [-0.1, -0.05) is 85.7 Å². The van der Waals surface area contributed by atoms with Gasteiger partial charge >= 0.3 is 17.9 Å². The Morgan fingerprint density at radius 1 is 0.462 bits per heavy atom. The third-order valence-corrected chi connectivity index (χ3v) is 21.2. The van der Waals surface area contributed by atoms with Gasteiger partial charge in [0.2, 0.25) is 106 Å². The molecule has 18 amide bonds. The van der Waals surface area contributed by atoms with E-state index in [-0.39, 0.29) is 87.8 Å². The average Bonchev–Trinajstić information content (AvgIpc) is 1.62. The van der Waals surface area contributed by atoms with E-state index in [1.54, 1.807) is 58.0 Å². The standard InChI is InChI=1S/C82H132N22O27S/c1-39(2)29-52(44(10)106)96-73(123)50(22-25-64(114)115)94-71(121)48(19-15-27-88-82(86)87)93-76(126)55(32-46-17-13-12-14-18-46)97-68(118)43(9)91-80(130)66(42(7)8)102-77(127)56(33-59(84)108)100-79(129)58-20-16-28-104(58)62(111)35-90-70(120)53(30-40(3)4)98-75(125)54(31-41(5)6)99-74(124)51(23-26-65(116)117)95-81(131)67(45(11)107)103-78(128)57(36-105)101-72(122)49(21-24-63(112)113)92-61(110)34-89-69(119)47(83)37-132-38-60(85)109/h12-14,17-18,39-43,45,47-58,66-67,105,107H,15-16,19-38,83H2,1-11H3,(H2,84,108)(H2,85,109)(H,89,119)(H,90,120)(H,91,130)(H,92,110)(H,93,126)(H,94,121)(H,95,131)(H,96,123)(H,97,118)(H,98,125)(H,99,124)(H,100,129)(H,101,122)(H,102,127)(H,103,128)(H,112,113)(H,114,115)(H,116,117)(H4,86,87,88)/t43-,45+,47-,48-,49-,50-,51-,52-,53-,54-,55-,56-,57-,58-,66-,67-/m0/s1. The number of carboxylic acids is 3. The molecule has 1 fully saturated rings. The molecule has 49 nitrogen and oxygen atoms in total. The van der Waals surface area contributed by atoms with Gasteiger partial charge in [-0.15, -0.1) is 11.8 Å². The van der Waals surface area contributed by atoms with Crippen molar-refractivity contribution >= 4 is 148 Å². The number of hydrogen-bond donors (Lipinski definition) is 26. The number of rotatable bonds is 62. The molecule has 132 heavy (non-hydrogen) atoms. The van der Waals surface area contributed by atoms with Crippen LogP contribution in [0.4, 0.5) is 0 Å². The molecule has 16 atom stereocenters. The van der Waals surface area contributed by atoms with E-state index >= 15 is 0 Å². The van der Waals surface area contributed by atoms with Gasteiger partial charge in [0.05, 0.1) is 50.1 Å². The van der Waals surface area contributed by atoms with Crippen molar-refractivity contribution in [2.45, 2.75) is 269 Å². The minimum absolute atomic E-state index is 0.0175. The first-order valence-electron chi connectivity index (χ1n) is 43.0. The number of aliphatic hydroxyl groups is 2. The summed E-state index contributed by atoms with van der Waals surface area (Å²) in [5.74, 6) is -25.5. The molecule has 0 bridgehead atoms. The number of nitrogens with one attached hydrogen (secondary N) is 17. The molecule has 0 saturated carbocycles. The Morgan fingerprint density at radius 2 is 0.886 bits per heavy atom. The molecule has 50 heteroatoms. The number of aliphatic carboxylic acids is 3. The summed E-state index contributed by atoms with van der Waals surface area (Å²) in [6.07, 6.45) is -6.81. The van der Waals surface area contributed by atoms with E-state index in [4.69, 9.17) is 28.3 Å². The van der Waals surface area contributed by atoms with Crippen LogP contribution in [-0.2, 0) is 112 Å². The molecule has 1 aliphatic heterocycles. The van der Waals surface area contributed by atoms with Crippen LogP contribution in [0.3, 0.4) is 0 Å². The van der Waals surface area contributed by atoms with Gasteiger partial charge in [0.15, 0.2) is 11.7 Å². The van der Waals surface area contributed by atoms with Crippen LogP contribution in [0.5, 0.6) is 0 Å². The molecule has 0 unspecified atom stereocenters. The molecule has 1 saturated heterocycles. The van der Waals surface area contributed by atoms with E-state index in [2.05, 4.69) is 85.1 Å². The zero-order valence-electron chi connectivity index (χ0n) is 75.9. The fourth-order valence-electron chi connectivity index (χ4n) is 13.2. The highest BCUT2D eigenvalue weighted by molar-refractivity contribution is 8.00.